The van der Waals surface area contributed by atoms with Gasteiger partial charge in [0.25, 0.3) is 0 Å². The molecule has 0 bridgehead atoms. The van der Waals surface area contributed by atoms with Crippen LogP contribution in [-0.4, -0.2) is 47.4 Å². The molecule has 0 radical (unpaired) electrons. The van der Waals surface area contributed by atoms with Crippen molar-refractivity contribution in [3.05, 3.63) is 17.3 Å². The zero-order chi connectivity index (χ0) is 11.5. The largest absolute Gasteiger partial charge is 0.444 e. The molecular weight excluding hydrogens is 208 g/mol. The molecule has 1 aromatic rings. The number of morpholine rings is 1. The summed E-state index contributed by atoms with van der Waals surface area (Å²) < 4.78 is 10.9. The van der Waals surface area contributed by atoms with Crippen molar-refractivity contribution in [2.45, 2.75) is 26.4 Å². The molecule has 1 aliphatic heterocycles. The molecule has 5 heteroatoms. The average Bonchev–Trinajstić information content (AvgIpc) is 2.59. The van der Waals surface area contributed by atoms with Crippen molar-refractivity contribution in [2.75, 3.05) is 26.4 Å². The van der Waals surface area contributed by atoms with Gasteiger partial charge in [0.15, 0.2) is 0 Å². The van der Waals surface area contributed by atoms with Gasteiger partial charge in [-0.2, -0.15) is 0 Å². The van der Waals surface area contributed by atoms with Gasteiger partial charge in [0.05, 0.1) is 38.1 Å². The van der Waals surface area contributed by atoms with Crippen LogP contribution < -0.4 is 0 Å². The summed E-state index contributed by atoms with van der Waals surface area (Å²) in [6, 6.07) is 0.0567. The lowest BCUT2D eigenvalue weighted by atomic mass is 10.2. The van der Waals surface area contributed by atoms with E-state index in [4.69, 9.17) is 9.15 Å². The van der Waals surface area contributed by atoms with Crippen LogP contribution in [0.3, 0.4) is 0 Å². The Bertz CT molecular complexity index is 331. The van der Waals surface area contributed by atoms with Crippen LogP contribution in [0.1, 0.15) is 17.3 Å². The molecule has 0 aromatic carbocycles. The van der Waals surface area contributed by atoms with Gasteiger partial charge in [0.1, 0.15) is 5.76 Å². The lowest BCUT2D eigenvalue weighted by Crippen LogP contribution is -2.46. The maximum Gasteiger partial charge on any atom is 0.208 e. The lowest BCUT2D eigenvalue weighted by molar-refractivity contribution is -0.0343. The Balaban J connectivity index is 2.02. The van der Waals surface area contributed by atoms with Gasteiger partial charge in [-0.25, -0.2) is 4.98 Å². The van der Waals surface area contributed by atoms with E-state index < -0.39 is 0 Å². The van der Waals surface area contributed by atoms with E-state index in [2.05, 4.69) is 9.88 Å². The number of nitrogens with zero attached hydrogens (tertiary/aromatic N) is 2. The number of hydrogen-bond acceptors (Lipinski definition) is 5. The molecule has 16 heavy (non-hydrogen) atoms. The van der Waals surface area contributed by atoms with Crippen LogP contribution in [0.5, 0.6) is 0 Å². The van der Waals surface area contributed by atoms with Crippen molar-refractivity contribution < 1.29 is 14.3 Å². The van der Waals surface area contributed by atoms with Gasteiger partial charge in [-0.15, -0.1) is 0 Å². The highest BCUT2D eigenvalue weighted by Crippen LogP contribution is 2.14. The second kappa shape index (κ2) is 4.95. The summed E-state index contributed by atoms with van der Waals surface area (Å²) in [7, 11) is 0. The van der Waals surface area contributed by atoms with E-state index in [0.717, 1.165) is 23.9 Å². The first-order valence-corrected chi connectivity index (χ1v) is 5.56. The Morgan fingerprint density at radius 2 is 2.31 bits per heavy atom. The number of oxazole rings is 1. The Kier molecular flexibility index (Phi) is 3.58. The van der Waals surface area contributed by atoms with Gasteiger partial charge < -0.3 is 14.3 Å². The summed E-state index contributed by atoms with van der Waals surface area (Å²) in [5.41, 5.74) is 0.934. The predicted molar refractivity (Wildman–Crippen MR) is 58.1 cm³/mol. The fraction of sp³-hybridized carbons (Fsp3) is 0.727. The number of aromatic nitrogens is 1. The van der Waals surface area contributed by atoms with Crippen molar-refractivity contribution in [1.29, 1.82) is 0 Å². The van der Waals surface area contributed by atoms with Crippen molar-refractivity contribution in [2.24, 2.45) is 0 Å². The number of aliphatic hydroxyl groups excluding tert-OH is 1. The van der Waals surface area contributed by atoms with Gasteiger partial charge >= 0.3 is 0 Å². The highest BCUT2D eigenvalue weighted by molar-refractivity contribution is 5.05. The minimum absolute atomic E-state index is 0.0567. The zero-order valence-corrected chi connectivity index (χ0v) is 9.77. The maximum atomic E-state index is 9.23. The van der Waals surface area contributed by atoms with Crippen LogP contribution in [0.4, 0.5) is 0 Å². The third-order valence-electron chi connectivity index (χ3n) is 2.97. The third-order valence-corrected chi connectivity index (χ3v) is 2.97. The molecule has 0 amide bonds. The van der Waals surface area contributed by atoms with E-state index in [1.165, 1.54) is 0 Å². The molecule has 2 heterocycles. The minimum Gasteiger partial charge on any atom is -0.444 e. The predicted octanol–water partition coefficient (Wildman–Crippen LogP) is 0.485. The summed E-state index contributed by atoms with van der Waals surface area (Å²) in [4.78, 5) is 6.49. The SMILES string of the molecule is Cc1nc(CN2CCOCC2CO)oc1C. The first-order valence-electron chi connectivity index (χ1n) is 5.56. The van der Waals surface area contributed by atoms with Crippen LogP contribution in [0.2, 0.25) is 0 Å². The van der Waals surface area contributed by atoms with Crippen molar-refractivity contribution in [3.63, 3.8) is 0 Å². The monoisotopic (exact) mass is 226 g/mol. The van der Waals surface area contributed by atoms with E-state index in [1.54, 1.807) is 0 Å². The molecule has 5 nitrogen and oxygen atoms in total. The van der Waals surface area contributed by atoms with E-state index in [-0.39, 0.29) is 12.6 Å². The Hall–Kier alpha value is -0.910. The van der Waals surface area contributed by atoms with E-state index in [0.29, 0.717) is 19.8 Å². The van der Waals surface area contributed by atoms with Crippen LogP contribution >= 0.6 is 0 Å². The first-order chi connectivity index (χ1) is 7.70. The molecule has 0 aliphatic carbocycles. The Morgan fingerprint density at radius 3 is 2.94 bits per heavy atom. The van der Waals surface area contributed by atoms with E-state index >= 15 is 0 Å². The maximum absolute atomic E-state index is 9.23. The molecule has 90 valence electrons. The summed E-state index contributed by atoms with van der Waals surface area (Å²) in [5.74, 6) is 1.58. The number of rotatable bonds is 3. The Morgan fingerprint density at radius 1 is 1.50 bits per heavy atom. The first kappa shape index (κ1) is 11.6. The summed E-state index contributed by atoms with van der Waals surface area (Å²) >= 11 is 0. The lowest BCUT2D eigenvalue weighted by Gasteiger charge is -2.33. The molecule has 1 aliphatic rings. The van der Waals surface area contributed by atoms with Gasteiger partial charge in [0, 0.05) is 6.54 Å². The van der Waals surface area contributed by atoms with Crippen molar-refractivity contribution >= 4 is 0 Å². The normalized spacial score (nSPS) is 22.6. The number of aryl methyl sites for hydroxylation is 2. The van der Waals surface area contributed by atoms with Gasteiger partial charge in [-0.3, -0.25) is 4.90 Å². The fourth-order valence-corrected chi connectivity index (χ4v) is 1.85. The van der Waals surface area contributed by atoms with Crippen LogP contribution in [0, 0.1) is 13.8 Å². The summed E-state index contributed by atoms with van der Waals surface area (Å²) in [6.07, 6.45) is 0. The highest BCUT2D eigenvalue weighted by atomic mass is 16.5. The highest BCUT2D eigenvalue weighted by Gasteiger charge is 2.23. The molecule has 1 saturated heterocycles. The van der Waals surface area contributed by atoms with Crippen LogP contribution in [-0.2, 0) is 11.3 Å². The topological polar surface area (TPSA) is 58.7 Å². The summed E-state index contributed by atoms with van der Waals surface area (Å²) in [5, 5.41) is 9.23. The van der Waals surface area contributed by atoms with Gasteiger partial charge in [-0.05, 0) is 13.8 Å². The zero-order valence-electron chi connectivity index (χ0n) is 9.77. The Labute approximate surface area is 95.0 Å². The molecule has 1 unspecified atom stereocenters. The van der Waals surface area contributed by atoms with Gasteiger partial charge in [-0.1, -0.05) is 0 Å². The fourth-order valence-electron chi connectivity index (χ4n) is 1.85. The third kappa shape index (κ3) is 2.42. The molecule has 1 fully saturated rings. The second-order valence-electron chi connectivity index (χ2n) is 4.13. The average molecular weight is 226 g/mol. The number of ether oxygens (including phenoxy) is 1. The molecule has 1 atom stereocenters. The second-order valence-corrected chi connectivity index (χ2v) is 4.13. The quantitative estimate of drug-likeness (QED) is 0.812. The molecule has 0 saturated carbocycles. The van der Waals surface area contributed by atoms with Crippen molar-refractivity contribution in [1.82, 2.24) is 9.88 Å². The molecule has 2 rings (SSSR count). The van der Waals surface area contributed by atoms with Crippen molar-refractivity contribution in [3.8, 4) is 0 Å². The van der Waals surface area contributed by atoms with E-state index in [1.807, 2.05) is 13.8 Å². The van der Waals surface area contributed by atoms with Gasteiger partial charge in [0.2, 0.25) is 5.89 Å². The number of aliphatic hydroxyl groups is 1. The van der Waals surface area contributed by atoms with E-state index in [9.17, 15) is 5.11 Å². The summed E-state index contributed by atoms with van der Waals surface area (Å²) in [6.45, 7) is 6.69. The molecule has 0 spiro atoms. The molecular formula is C11H18N2O3. The number of hydrogen-bond donors (Lipinski definition) is 1. The molecule has 1 N–H and O–H groups in total. The van der Waals surface area contributed by atoms with Crippen LogP contribution in [0.15, 0.2) is 4.42 Å². The van der Waals surface area contributed by atoms with Crippen LogP contribution in [0.25, 0.3) is 0 Å². The minimum atomic E-state index is 0.0567. The smallest absolute Gasteiger partial charge is 0.208 e. The standard InChI is InChI=1S/C11H18N2O3/c1-8-9(2)16-11(12-8)5-13-3-4-15-7-10(13)6-14/h10,14H,3-7H2,1-2H3. The molecule has 1 aromatic heterocycles.